The highest BCUT2D eigenvalue weighted by atomic mass is 16.5. The molecule has 2 aromatic carbocycles. The fourth-order valence-corrected chi connectivity index (χ4v) is 3.55. The summed E-state index contributed by atoms with van der Waals surface area (Å²) in [5, 5.41) is 7.45. The van der Waals surface area contributed by atoms with Crippen LogP contribution in [0.15, 0.2) is 48.8 Å². The summed E-state index contributed by atoms with van der Waals surface area (Å²) in [5.74, 6) is 0.609. The Morgan fingerprint density at radius 2 is 1.97 bits per heavy atom. The summed E-state index contributed by atoms with van der Waals surface area (Å²) in [6, 6.07) is 14.0. The third-order valence-electron chi connectivity index (χ3n) is 5.13. The van der Waals surface area contributed by atoms with Gasteiger partial charge in [0.25, 0.3) is 0 Å². The van der Waals surface area contributed by atoms with Crippen LogP contribution in [0.25, 0.3) is 22.3 Å². The van der Waals surface area contributed by atoms with Crippen molar-refractivity contribution in [3.8, 4) is 11.3 Å². The van der Waals surface area contributed by atoms with Crippen molar-refractivity contribution >= 4 is 22.9 Å². The number of nitrogens with one attached hydrogen (secondary N) is 1. The smallest absolute Gasteiger partial charge is 0.413 e. The Balaban J connectivity index is 1.46. The van der Waals surface area contributed by atoms with Crippen LogP contribution in [0.2, 0.25) is 0 Å². The molecule has 0 aliphatic rings. The second-order valence-corrected chi connectivity index (χ2v) is 7.43. The Morgan fingerprint density at radius 1 is 1.13 bits per heavy atom. The fourth-order valence-electron chi connectivity index (χ4n) is 3.55. The summed E-state index contributed by atoms with van der Waals surface area (Å²) in [6.45, 7) is 6.92. The summed E-state index contributed by atoms with van der Waals surface area (Å²) in [5.41, 5.74) is 7.02. The lowest BCUT2D eigenvalue weighted by Crippen LogP contribution is -2.16. The maximum Gasteiger partial charge on any atom is 0.413 e. The molecule has 0 aliphatic heterocycles. The molecule has 30 heavy (non-hydrogen) atoms. The molecule has 0 saturated carbocycles. The fraction of sp³-hybridized carbons (Fsp3) is 0.261. The lowest BCUT2D eigenvalue weighted by molar-refractivity contribution is 0.155. The molecule has 0 atom stereocenters. The van der Waals surface area contributed by atoms with Gasteiger partial charge >= 0.3 is 6.09 Å². The van der Waals surface area contributed by atoms with E-state index in [1.165, 1.54) is 5.56 Å². The van der Waals surface area contributed by atoms with Crippen molar-refractivity contribution in [1.29, 1.82) is 0 Å². The normalized spacial score (nSPS) is 11.1. The van der Waals surface area contributed by atoms with Crippen LogP contribution in [0, 0.1) is 13.8 Å². The van der Waals surface area contributed by atoms with Gasteiger partial charge in [0.15, 0.2) is 0 Å². The van der Waals surface area contributed by atoms with Gasteiger partial charge in [-0.3, -0.25) is 5.32 Å². The van der Waals surface area contributed by atoms with E-state index in [-0.39, 0.29) is 6.61 Å². The van der Waals surface area contributed by atoms with Gasteiger partial charge in [-0.2, -0.15) is 5.10 Å². The lowest BCUT2D eigenvalue weighted by Gasteiger charge is -2.08. The number of hydrogen-bond donors (Lipinski definition) is 1. The standard InChI is InChI=1S/C23H25N5O2/c1-5-28-22(12-19(26-28)18-8-6-15(2)10-16(18)3)25-23(29)30-13-17-7-9-21-20(11-17)24-14-27(21)4/h6-12,14H,5,13H2,1-4H3,(H,25,29). The molecular formula is C23H25N5O2. The Kier molecular flexibility index (Phi) is 5.27. The predicted octanol–water partition coefficient (Wildman–Crippen LogP) is 4.82. The molecule has 2 aromatic heterocycles. The van der Waals surface area contributed by atoms with Crippen LogP contribution >= 0.6 is 0 Å². The first kappa shape index (κ1) is 19.7. The third kappa shape index (κ3) is 3.91. The number of benzene rings is 2. The zero-order valence-corrected chi connectivity index (χ0v) is 17.6. The molecule has 0 saturated heterocycles. The van der Waals surface area contributed by atoms with E-state index in [1.54, 1.807) is 11.0 Å². The molecule has 0 spiro atoms. The Bertz CT molecular complexity index is 1220. The summed E-state index contributed by atoms with van der Waals surface area (Å²) in [7, 11) is 1.95. The van der Waals surface area contributed by atoms with Crippen LogP contribution < -0.4 is 5.32 Å². The van der Waals surface area contributed by atoms with Gasteiger partial charge in [-0.15, -0.1) is 0 Å². The first-order chi connectivity index (χ1) is 14.4. The van der Waals surface area contributed by atoms with Crippen molar-refractivity contribution in [3.05, 3.63) is 65.5 Å². The van der Waals surface area contributed by atoms with E-state index < -0.39 is 6.09 Å². The zero-order chi connectivity index (χ0) is 21.3. The van der Waals surface area contributed by atoms with Crippen molar-refractivity contribution in [3.63, 3.8) is 0 Å². The Morgan fingerprint density at radius 3 is 2.73 bits per heavy atom. The van der Waals surface area contributed by atoms with Gasteiger partial charge in [-0.05, 0) is 44.0 Å². The number of carbonyl (C=O) groups is 1. The van der Waals surface area contributed by atoms with Crippen molar-refractivity contribution in [1.82, 2.24) is 19.3 Å². The highest BCUT2D eigenvalue weighted by Gasteiger charge is 2.14. The minimum absolute atomic E-state index is 0.169. The number of rotatable bonds is 5. The van der Waals surface area contributed by atoms with E-state index in [0.29, 0.717) is 12.4 Å². The molecule has 4 rings (SSSR count). The maximum atomic E-state index is 12.4. The van der Waals surface area contributed by atoms with E-state index >= 15 is 0 Å². The number of nitrogens with zero attached hydrogens (tertiary/aromatic N) is 4. The molecule has 7 nitrogen and oxygen atoms in total. The van der Waals surface area contributed by atoms with Crippen LogP contribution in [0.3, 0.4) is 0 Å². The molecule has 0 bridgehead atoms. The van der Waals surface area contributed by atoms with Gasteiger partial charge in [-0.25, -0.2) is 14.5 Å². The average molecular weight is 403 g/mol. The number of aryl methyl sites for hydroxylation is 4. The number of hydrogen-bond acceptors (Lipinski definition) is 4. The minimum Gasteiger partial charge on any atom is -0.444 e. The molecule has 7 heteroatoms. The highest BCUT2D eigenvalue weighted by molar-refractivity contribution is 5.85. The van der Waals surface area contributed by atoms with Crippen molar-refractivity contribution < 1.29 is 9.53 Å². The highest BCUT2D eigenvalue weighted by Crippen LogP contribution is 2.26. The topological polar surface area (TPSA) is 74.0 Å². The van der Waals surface area contributed by atoms with E-state index in [2.05, 4.69) is 47.4 Å². The van der Waals surface area contributed by atoms with Crippen LogP contribution in [-0.4, -0.2) is 25.4 Å². The first-order valence-electron chi connectivity index (χ1n) is 9.94. The summed E-state index contributed by atoms with van der Waals surface area (Å²) >= 11 is 0. The zero-order valence-electron chi connectivity index (χ0n) is 17.6. The Hall–Kier alpha value is -3.61. The number of amides is 1. The van der Waals surface area contributed by atoms with E-state index in [0.717, 1.165) is 33.4 Å². The van der Waals surface area contributed by atoms with E-state index in [4.69, 9.17) is 4.74 Å². The molecule has 0 aliphatic carbocycles. The molecule has 2 heterocycles. The van der Waals surface area contributed by atoms with Gasteiger partial charge in [0.05, 0.1) is 23.1 Å². The summed E-state index contributed by atoms with van der Waals surface area (Å²) in [6.07, 6.45) is 1.25. The van der Waals surface area contributed by atoms with Gasteiger partial charge < -0.3 is 9.30 Å². The molecule has 1 amide bonds. The van der Waals surface area contributed by atoms with Gasteiger partial charge in [-0.1, -0.05) is 29.8 Å². The number of fused-ring (bicyclic) bond motifs is 1. The summed E-state index contributed by atoms with van der Waals surface area (Å²) < 4.78 is 9.13. The Labute approximate surface area is 175 Å². The van der Waals surface area contributed by atoms with E-state index in [1.807, 2.05) is 42.8 Å². The van der Waals surface area contributed by atoms with Crippen LogP contribution in [0.5, 0.6) is 0 Å². The molecular weight excluding hydrogens is 378 g/mol. The molecule has 0 fully saturated rings. The van der Waals surface area contributed by atoms with Gasteiger partial charge in [0.2, 0.25) is 0 Å². The number of imidazole rings is 1. The molecule has 0 radical (unpaired) electrons. The summed E-state index contributed by atoms with van der Waals surface area (Å²) in [4.78, 5) is 16.7. The number of carbonyl (C=O) groups excluding carboxylic acids is 1. The molecule has 1 N–H and O–H groups in total. The van der Waals surface area contributed by atoms with Crippen LogP contribution in [0.4, 0.5) is 10.6 Å². The first-order valence-corrected chi connectivity index (χ1v) is 9.94. The SMILES string of the molecule is CCn1nc(-c2ccc(C)cc2C)cc1NC(=O)OCc1ccc2c(c1)ncn2C. The number of ether oxygens (including phenoxy) is 1. The van der Waals surface area contributed by atoms with Crippen molar-refractivity contribution in [2.45, 2.75) is 33.9 Å². The predicted molar refractivity (Wildman–Crippen MR) is 117 cm³/mol. The largest absolute Gasteiger partial charge is 0.444 e. The maximum absolute atomic E-state index is 12.4. The second kappa shape index (κ2) is 8.02. The lowest BCUT2D eigenvalue weighted by atomic mass is 10.0. The monoisotopic (exact) mass is 403 g/mol. The van der Waals surface area contributed by atoms with Crippen molar-refractivity contribution in [2.75, 3.05) is 5.32 Å². The quantitative estimate of drug-likeness (QED) is 0.518. The van der Waals surface area contributed by atoms with Crippen LogP contribution in [-0.2, 0) is 24.9 Å². The van der Waals surface area contributed by atoms with Gasteiger partial charge in [0.1, 0.15) is 12.4 Å². The third-order valence-corrected chi connectivity index (χ3v) is 5.13. The van der Waals surface area contributed by atoms with E-state index in [9.17, 15) is 4.79 Å². The minimum atomic E-state index is -0.516. The van der Waals surface area contributed by atoms with Crippen molar-refractivity contribution in [2.24, 2.45) is 7.05 Å². The van der Waals surface area contributed by atoms with Gasteiger partial charge in [0, 0.05) is 25.2 Å². The molecule has 154 valence electrons. The number of aromatic nitrogens is 4. The average Bonchev–Trinajstić information content (AvgIpc) is 3.29. The molecule has 0 unspecified atom stereocenters. The second-order valence-electron chi connectivity index (χ2n) is 7.43. The molecule has 4 aromatic rings. The van der Waals surface area contributed by atoms with Crippen LogP contribution in [0.1, 0.15) is 23.6 Å². The number of anilines is 1.